The highest BCUT2D eigenvalue weighted by molar-refractivity contribution is 7.15. The molecule has 1 unspecified atom stereocenters. The molecule has 0 spiro atoms. The Morgan fingerprint density at radius 1 is 1.33 bits per heavy atom. The molecule has 1 saturated carbocycles. The maximum atomic E-state index is 4.75. The van der Waals surface area contributed by atoms with Gasteiger partial charge in [0, 0.05) is 29.7 Å². The van der Waals surface area contributed by atoms with Gasteiger partial charge in [0.15, 0.2) is 5.13 Å². The molecule has 0 saturated heterocycles. The minimum absolute atomic E-state index is 0.414. The first kappa shape index (κ1) is 16.8. The van der Waals surface area contributed by atoms with E-state index < -0.39 is 0 Å². The minimum atomic E-state index is 0.414. The van der Waals surface area contributed by atoms with Crippen molar-refractivity contribution in [3.05, 3.63) is 11.1 Å². The fourth-order valence-corrected chi connectivity index (χ4v) is 4.10. The Kier molecular flexibility index (Phi) is 6.49. The molecule has 1 heterocycles. The maximum absolute atomic E-state index is 4.75. The summed E-state index contributed by atoms with van der Waals surface area (Å²) in [5, 5.41) is 4.72. The summed E-state index contributed by atoms with van der Waals surface area (Å²) in [6, 6.07) is 1.13. The van der Waals surface area contributed by atoms with Crippen LogP contribution in [0.3, 0.4) is 0 Å². The van der Waals surface area contributed by atoms with Crippen molar-refractivity contribution in [2.75, 3.05) is 18.0 Å². The van der Waals surface area contributed by atoms with E-state index in [2.05, 4.69) is 44.1 Å². The van der Waals surface area contributed by atoms with Gasteiger partial charge in [-0.15, -0.1) is 11.3 Å². The Bertz CT molecular complexity index is 410. The zero-order valence-electron chi connectivity index (χ0n) is 14.1. The third-order valence-electron chi connectivity index (χ3n) is 4.41. The molecular formula is C17H31N3S. The van der Waals surface area contributed by atoms with Crippen LogP contribution in [0.2, 0.25) is 0 Å². The van der Waals surface area contributed by atoms with Gasteiger partial charge in [-0.05, 0) is 38.6 Å². The molecule has 1 aliphatic rings. The number of nitrogens with zero attached hydrogens (tertiary/aromatic N) is 2. The van der Waals surface area contributed by atoms with Crippen LogP contribution in [-0.4, -0.2) is 24.1 Å². The van der Waals surface area contributed by atoms with Crippen molar-refractivity contribution in [1.82, 2.24) is 10.3 Å². The Balaban J connectivity index is 2.08. The fraction of sp³-hybridized carbons (Fsp3) is 0.824. The van der Waals surface area contributed by atoms with Crippen LogP contribution in [0.15, 0.2) is 6.20 Å². The van der Waals surface area contributed by atoms with E-state index in [1.54, 1.807) is 0 Å². The second-order valence-corrected chi connectivity index (χ2v) is 7.68. The lowest BCUT2D eigenvalue weighted by Gasteiger charge is -2.29. The first-order chi connectivity index (χ1) is 10.1. The summed E-state index contributed by atoms with van der Waals surface area (Å²) < 4.78 is 0. The molecule has 1 aromatic heterocycles. The van der Waals surface area contributed by atoms with Crippen molar-refractivity contribution in [3.8, 4) is 0 Å². The van der Waals surface area contributed by atoms with E-state index in [1.165, 1.54) is 42.1 Å². The number of hydrogen-bond acceptors (Lipinski definition) is 4. The molecule has 0 amide bonds. The smallest absolute Gasteiger partial charge is 0.185 e. The molecule has 0 aromatic carbocycles. The third-order valence-corrected chi connectivity index (χ3v) is 5.62. The quantitative estimate of drug-likeness (QED) is 0.760. The summed E-state index contributed by atoms with van der Waals surface area (Å²) in [6.07, 6.45) is 8.79. The molecule has 1 atom stereocenters. The molecule has 3 nitrogen and oxygen atoms in total. The van der Waals surface area contributed by atoms with Gasteiger partial charge in [-0.3, -0.25) is 0 Å². The molecule has 1 N–H and O–H groups in total. The van der Waals surface area contributed by atoms with Gasteiger partial charge in [0.1, 0.15) is 0 Å². The van der Waals surface area contributed by atoms with E-state index in [-0.39, 0.29) is 0 Å². The predicted molar refractivity (Wildman–Crippen MR) is 93.3 cm³/mol. The van der Waals surface area contributed by atoms with Crippen LogP contribution in [0.1, 0.15) is 70.7 Å². The van der Waals surface area contributed by atoms with Crippen LogP contribution in [0.25, 0.3) is 0 Å². The second kappa shape index (κ2) is 8.14. The lowest BCUT2D eigenvalue weighted by atomic mass is 10.1. The van der Waals surface area contributed by atoms with E-state index in [1.807, 2.05) is 11.3 Å². The van der Waals surface area contributed by atoms with Gasteiger partial charge in [-0.2, -0.15) is 0 Å². The monoisotopic (exact) mass is 309 g/mol. The maximum Gasteiger partial charge on any atom is 0.185 e. The van der Waals surface area contributed by atoms with Crippen molar-refractivity contribution in [2.45, 2.75) is 71.9 Å². The Labute approximate surface area is 134 Å². The summed E-state index contributed by atoms with van der Waals surface area (Å²) in [4.78, 5) is 8.70. The number of anilines is 1. The van der Waals surface area contributed by atoms with E-state index in [0.717, 1.165) is 25.0 Å². The Hall–Kier alpha value is -0.610. The zero-order valence-corrected chi connectivity index (χ0v) is 14.9. The number of hydrogen-bond donors (Lipinski definition) is 1. The molecular weight excluding hydrogens is 278 g/mol. The molecule has 0 aliphatic heterocycles. The zero-order chi connectivity index (χ0) is 15.2. The first-order valence-electron chi connectivity index (χ1n) is 8.57. The van der Waals surface area contributed by atoms with E-state index in [9.17, 15) is 0 Å². The second-order valence-electron chi connectivity index (χ2n) is 6.64. The van der Waals surface area contributed by atoms with Crippen molar-refractivity contribution < 1.29 is 0 Å². The first-order valence-corrected chi connectivity index (χ1v) is 9.39. The van der Waals surface area contributed by atoms with Gasteiger partial charge in [-0.25, -0.2) is 4.98 Å². The topological polar surface area (TPSA) is 28.2 Å². The van der Waals surface area contributed by atoms with Crippen LogP contribution < -0.4 is 10.2 Å². The number of aromatic nitrogens is 1. The van der Waals surface area contributed by atoms with Crippen molar-refractivity contribution in [2.24, 2.45) is 5.92 Å². The number of thiazole rings is 1. The lowest BCUT2D eigenvalue weighted by molar-refractivity contribution is 0.528. The molecule has 21 heavy (non-hydrogen) atoms. The summed E-state index contributed by atoms with van der Waals surface area (Å²) in [5.41, 5.74) is 0. The standard InChI is InChI=1S/C17H31N3S/c1-5-18-14(4)16-12-19-17(21-16)20(11-10-13(2)3)15-8-6-7-9-15/h12-15,18H,5-11H2,1-4H3. The SMILES string of the molecule is CCNC(C)c1cnc(N(CCC(C)C)C2CCCC2)s1. The lowest BCUT2D eigenvalue weighted by Crippen LogP contribution is -2.34. The highest BCUT2D eigenvalue weighted by atomic mass is 32.1. The van der Waals surface area contributed by atoms with Crippen molar-refractivity contribution >= 4 is 16.5 Å². The largest absolute Gasteiger partial charge is 0.345 e. The summed E-state index contributed by atoms with van der Waals surface area (Å²) in [6.45, 7) is 11.2. The number of rotatable bonds is 8. The number of nitrogens with one attached hydrogen (secondary N) is 1. The van der Waals surface area contributed by atoms with Gasteiger partial charge < -0.3 is 10.2 Å². The van der Waals surface area contributed by atoms with Crippen LogP contribution in [0.4, 0.5) is 5.13 Å². The molecule has 0 radical (unpaired) electrons. The Morgan fingerprint density at radius 3 is 2.67 bits per heavy atom. The van der Waals surface area contributed by atoms with Crippen molar-refractivity contribution in [1.29, 1.82) is 0 Å². The summed E-state index contributed by atoms with van der Waals surface area (Å²) in [5.74, 6) is 0.758. The highest BCUT2D eigenvalue weighted by Gasteiger charge is 2.25. The van der Waals surface area contributed by atoms with Gasteiger partial charge in [0.05, 0.1) is 0 Å². The predicted octanol–water partition coefficient (Wildman–Crippen LogP) is 4.61. The van der Waals surface area contributed by atoms with Crippen LogP contribution in [-0.2, 0) is 0 Å². The van der Waals surface area contributed by atoms with Gasteiger partial charge in [0.25, 0.3) is 0 Å². The summed E-state index contributed by atoms with van der Waals surface area (Å²) >= 11 is 1.88. The average molecular weight is 310 g/mol. The van der Waals surface area contributed by atoms with Crippen LogP contribution >= 0.6 is 11.3 Å². The minimum Gasteiger partial charge on any atom is -0.345 e. The molecule has 1 aliphatic carbocycles. The third kappa shape index (κ3) is 4.68. The van der Waals surface area contributed by atoms with Gasteiger partial charge in [-0.1, -0.05) is 33.6 Å². The summed E-state index contributed by atoms with van der Waals surface area (Å²) in [7, 11) is 0. The normalized spacial score (nSPS) is 17.6. The highest BCUT2D eigenvalue weighted by Crippen LogP contribution is 2.33. The average Bonchev–Trinajstić information content (AvgIpc) is 3.10. The molecule has 4 heteroatoms. The fourth-order valence-electron chi connectivity index (χ4n) is 3.06. The van der Waals surface area contributed by atoms with E-state index >= 15 is 0 Å². The molecule has 0 bridgehead atoms. The van der Waals surface area contributed by atoms with Gasteiger partial charge in [0.2, 0.25) is 0 Å². The Morgan fingerprint density at radius 2 is 2.05 bits per heavy atom. The van der Waals surface area contributed by atoms with Gasteiger partial charge >= 0.3 is 0 Å². The van der Waals surface area contributed by atoms with Crippen LogP contribution in [0.5, 0.6) is 0 Å². The van der Waals surface area contributed by atoms with E-state index in [0.29, 0.717) is 6.04 Å². The molecule has 1 aromatic rings. The van der Waals surface area contributed by atoms with E-state index in [4.69, 9.17) is 4.98 Å². The molecule has 1 fully saturated rings. The van der Waals surface area contributed by atoms with Crippen LogP contribution in [0, 0.1) is 5.92 Å². The molecule has 2 rings (SSSR count). The van der Waals surface area contributed by atoms with Crippen molar-refractivity contribution in [3.63, 3.8) is 0 Å². The molecule has 120 valence electrons.